The molecule has 0 saturated heterocycles. The smallest absolute Gasteiger partial charge is 0.779 e. The average Bonchev–Trinajstić information content (AvgIpc) is 3.59. The van der Waals surface area contributed by atoms with Gasteiger partial charge in [-0.1, -0.05) is 173 Å². The summed E-state index contributed by atoms with van der Waals surface area (Å²) >= 11 is 6.40. The molecule has 2 heterocycles. The maximum absolute atomic E-state index is 6.40. The maximum atomic E-state index is 6.40. The fraction of sp³-hybridized carbons (Fsp3) is 0.286. The van der Waals surface area contributed by atoms with E-state index in [0.29, 0.717) is 0 Å². The molecule has 8 aromatic rings. The molecule has 2 aromatic heterocycles. The molecule has 3 nitrogen and oxygen atoms in total. The van der Waals surface area contributed by atoms with E-state index in [4.69, 9.17) is 22.6 Å². The van der Waals surface area contributed by atoms with Gasteiger partial charge in [0, 0.05) is 23.0 Å². The zero-order chi connectivity index (χ0) is 42.9. The molecule has 0 bridgehead atoms. The van der Waals surface area contributed by atoms with Crippen molar-refractivity contribution in [3.05, 3.63) is 156 Å². The van der Waals surface area contributed by atoms with Crippen LogP contribution in [-0.4, -0.2) is 14.5 Å². The van der Waals surface area contributed by atoms with Crippen LogP contribution in [0, 0.1) is 6.07 Å². The van der Waals surface area contributed by atoms with E-state index in [1.165, 1.54) is 16.7 Å². The molecule has 0 aliphatic heterocycles. The first-order chi connectivity index (χ1) is 28.2. The van der Waals surface area contributed by atoms with Crippen LogP contribution in [0.25, 0.3) is 72.4 Å². The van der Waals surface area contributed by atoms with E-state index < -0.39 is 0 Å². The number of aromatic nitrogens is 3. The Morgan fingerprint density at radius 2 is 1.13 bits per heavy atom. The van der Waals surface area contributed by atoms with E-state index in [0.717, 1.165) is 82.9 Å². The third kappa shape index (κ3) is 8.64. The molecule has 0 radical (unpaired) electrons. The van der Waals surface area contributed by atoms with Crippen LogP contribution in [0.2, 0.25) is 0 Å². The molecule has 0 spiro atoms. The molecule has 0 unspecified atom stereocenters. The first-order valence-electron chi connectivity index (χ1n) is 21.2. The molecular weight excluding hydrogens is 942 g/mol. The molecule has 5 heteroatoms. The molecule has 0 aliphatic rings. The number of rotatable bonds is 5. The Morgan fingerprint density at radius 3 is 1.77 bits per heavy atom. The first-order valence-corrected chi connectivity index (χ1v) is 21.6. The van der Waals surface area contributed by atoms with Crippen LogP contribution in [0.3, 0.4) is 0 Å². The van der Waals surface area contributed by atoms with Gasteiger partial charge in [0.25, 0.3) is 0 Å². The molecule has 0 atom stereocenters. The number of benzene rings is 6. The topological polar surface area (TPSA) is 30.7 Å². The second-order valence-corrected chi connectivity index (χ2v) is 21.0. The van der Waals surface area contributed by atoms with Crippen molar-refractivity contribution in [2.75, 3.05) is 0 Å². The number of nitrogens with zero attached hydrogens (tertiary/aromatic N) is 3. The predicted octanol–water partition coefficient (Wildman–Crippen LogP) is 15.1. The van der Waals surface area contributed by atoms with Gasteiger partial charge in [-0.15, -0.1) is 29.8 Å². The zero-order valence-electron chi connectivity index (χ0n) is 37.7. The number of imidazole rings is 1. The van der Waals surface area contributed by atoms with Crippen LogP contribution in [0.5, 0.6) is 0 Å². The van der Waals surface area contributed by atoms with Gasteiger partial charge in [-0.05, 0) is 90.8 Å². The summed E-state index contributed by atoms with van der Waals surface area (Å²) in [4.78, 5) is 11.6. The summed E-state index contributed by atoms with van der Waals surface area (Å²) in [5, 5.41) is 1.14. The Labute approximate surface area is 383 Å². The van der Waals surface area contributed by atoms with Gasteiger partial charge < -0.3 is 17.2 Å². The SMILES string of the molecule is CC(C)(C)c1ccc(-n2c(-c3[c-]c(-c4cc(C(C)(C)C)cc5cc(C(C)(C)C)cnc45)ccc3)nc3c(-c4cc(-c5ccccc5)cc(C(C)(C)C)c4[S-])cccc32)cc1.[Pt+2]. The quantitative estimate of drug-likeness (QED) is 0.127. The van der Waals surface area contributed by atoms with E-state index >= 15 is 0 Å². The van der Waals surface area contributed by atoms with Crippen molar-refractivity contribution in [3.8, 4) is 50.5 Å². The van der Waals surface area contributed by atoms with Crippen LogP contribution in [0.1, 0.15) is 105 Å². The fourth-order valence-corrected chi connectivity index (χ4v) is 8.64. The van der Waals surface area contributed by atoms with E-state index in [2.05, 4.69) is 215 Å². The average molecular weight is 999 g/mol. The van der Waals surface area contributed by atoms with Crippen molar-refractivity contribution in [1.82, 2.24) is 14.5 Å². The largest absolute Gasteiger partial charge is 2.00 e. The number of pyridine rings is 1. The summed E-state index contributed by atoms with van der Waals surface area (Å²) in [6, 6.07) is 47.9. The van der Waals surface area contributed by atoms with Crippen molar-refractivity contribution in [1.29, 1.82) is 0 Å². The summed E-state index contributed by atoms with van der Waals surface area (Å²) in [6.45, 7) is 27.1. The van der Waals surface area contributed by atoms with Crippen LogP contribution in [-0.2, 0) is 55.4 Å². The number of fused-ring (bicyclic) bond motifs is 2. The van der Waals surface area contributed by atoms with E-state index in [-0.39, 0.29) is 42.7 Å². The second-order valence-electron chi connectivity index (χ2n) is 20.6. The third-order valence-corrected chi connectivity index (χ3v) is 12.3. The maximum Gasteiger partial charge on any atom is 2.00 e. The third-order valence-electron chi connectivity index (χ3n) is 11.8. The standard InChI is InChI=1S/C56H58N3S.Pt/c1-53(2,3)40-24-26-43(27-25-40)59-48-23-17-22-44(46-31-38(35-18-14-13-15-19-35)32-47(51(46)60)56(10,11)12)50(48)58-52(59)37-21-16-20-36(28-37)45-33-41(54(4,5)6)29-39-30-42(55(7,8)9)34-57-49(39)45;/h13-27,29-34,60H,1-12H3;/q-1;+2/p-1. The Hall–Kier alpha value is -4.89. The number of hydrogen-bond acceptors (Lipinski definition) is 3. The van der Waals surface area contributed by atoms with Crippen LogP contribution in [0.15, 0.2) is 132 Å². The van der Waals surface area contributed by atoms with Crippen molar-refractivity contribution >= 4 is 34.6 Å². The zero-order valence-corrected chi connectivity index (χ0v) is 40.8. The minimum atomic E-state index is -0.156. The molecule has 0 saturated carbocycles. The van der Waals surface area contributed by atoms with Gasteiger partial charge in [-0.25, -0.2) is 0 Å². The summed E-state index contributed by atoms with van der Waals surface area (Å²) in [7, 11) is 0. The molecule has 0 amide bonds. The van der Waals surface area contributed by atoms with Crippen LogP contribution in [0.4, 0.5) is 0 Å². The van der Waals surface area contributed by atoms with Gasteiger partial charge in [0.05, 0.1) is 16.9 Å². The Balaban J connectivity index is 0.00000561. The predicted molar refractivity (Wildman–Crippen MR) is 257 cm³/mol. The Kier molecular flexibility index (Phi) is 11.7. The summed E-state index contributed by atoms with van der Waals surface area (Å²) in [6.07, 6.45) is 2.04. The van der Waals surface area contributed by atoms with Gasteiger partial charge in [0.1, 0.15) is 0 Å². The molecule has 61 heavy (non-hydrogen) atoms. The van der Waals surface area contributed by atoms with Gasteiger partial charge in [0.15, 0.2) is 0 Å². The minimum absolute atomic E-state index is 0. The minimum Gasteiger partial charge on any atom is -0.779 e. The molecule has 6 aromatic carbocycles. The van der Waals surface area contributed by atoms with Crippen molar-refractivity contribution < 1.29 is 21.1 Å². The van der Waals surface area contributed by atoms with E-state index in [1.807, 2.05) is 6.20 Å². The van der Waals surface area contributed by atoms with Gasteiger partial charge >= 0.3 is 21.1 Å². The van der Waals surface area contributed by atoms with E-state index in [1.54, 1.807) is 0 Å². The molecule has 0 fully saturated rings. The van der Waals surface area contributed by atoms with Crippen LogP contribution < -0.4 is 0 Å². The summed E-state index contributed by atoms with van der Waals surface area (Å²) < 4.78 is 2.30. The number of hydrogen-bond donors (Lipinski definition) is 0. The van der Waals surface area contributed by atoms with Crippen LogP contribution >= 0.6 is 0 Å². The van der Waals surface area contributed by atoms with Gasteiger partial charge in [-0.2, -0.15) is 4.90 Å². The summed E-state index contributed by atoms with van der Waals surface area (Å²) in [5.74, 6) is 0.822. The molecule has 0 aliphatic carbocycles. The first kappa shape index (κ1) is 44.2. The van der Waals surface area contributed by atoms with Crippen molar-refractivity contribution in [2.24, 2.45) is 0 Å². The molecule has 0 N–H and O–H groups in total. The normalized spacial score (nSPS) is 12.5. The van der Waals surface area contributed by atoms with Gasteiger partial charge in [-0.3, -0.25) is 9.97 Å². The van der Waals surface area contributed by atoms with Crippen molar-refractivity contribution in [2.45, 2.75) is 110 Å². The van der Waals surface area contributed by atoms with Crippen molar-refractivity contribution in [3.63, 3.8) is 0 Å². The number of para-hydroxylation sites is 1. The fourth-order valence-electron chi connectivity index (χ4n) is 8.11. The summed E-state index contributed by atoms with van der Waals surface area (Å²) in [5.41, 5.74) is 15.9. The Morgan fingerprint density at radius 1 is 0.508 bits per heavy atom. The Bertz CT molecular complexity index is 2890. The molecular formula is C56H57N3PtS. The molecule has 312 valence electrons. The molecule has 8 rings (SSSR count). The monoisotopic (exact) mass is 998 g/mol. The van der Waals surface area contributed by atoms with E-state index in [9.17, 15) is 0 Å². The van der Waals surface area contributed by atoms with Gasteiger partial charge in [0.2, 0.25) is 0 Å². The second kappa shape index (κ2) is 16.1.